The topological polar surface area (TPSA) is 72.2 Å². The second kappa shape index (κ2) is 5.20. The van der Waals surface area contributed by atoms with E-state index in [1.807, 2.05) is 0 Å². The first-order valence-electron chi connectivity index (χ1n) is 4.98. The van der Waals surface area contributed by atoms with Crippen LogP contribution in [0.1, 0.15) is 12.5 Å². The molecule has 0 aliphatic carbocycles. The molecule has 4 nitrogen and oxygen atoms in total. The lowest BCUT2D eigenvalue weighted by Gasteiger charge is -2.13. The predicted molar refractivity (Wildman–Crippen MR) is 73.3 cm³/mol. The van der Waals surface area contributed by atoms with Crippen LogP contribution in [0, 0.1) is 6.92 Å². The van der Waals surface area contributed by atoms with Crippen LogP contribution in [0.2, 0.25) is 0 Å². The van der Waals surface area contributed by atoms with Gasteiger partial charge < -0.3 is 5.73 Å². The Balaban J connectivity index is 3.24. The molecule has 0 fully saturated rings. The van der Waals surface area contributed by atoms with E-state index in [2.05, 4.69) is 27.2 Å². The Kier molecular flexibility index (Phi) is 4.35. The number of nitrogens with two attached hydrogens (primary N) is 1. The Morgan fingerprint density at radius 3 is 2.65 bits per heavy atom. The molecule has 1 atom stereocenters. The molecule has 0 aliphatic heterocycles. The van der Waals surface area contributed by atoms with Crippen LogP contribution < -0.4 is 10.5 Å². The van der Waals surface area contributed by atoms with Crippen molar-refractivity contribution < 1.29 is 8.42 Å². The van der Waals surface area contributed by atoms with Gasteiger partial charge in [0.2, 0.25) is 10.0 Å². The molecule has 6 heteroatoms. The molecule has 1 aromatic carbocycles. The summed E-state index contributed by atoms with van der Waals surface area (Å²) < 4.78 is 27.3. The Bertz CT molecular complexity index is 541. The van der Waals surface area contributed by atoms with Crippen LogP contribution in [0.25, 0.3) is 0 Å². The van der Waals surface area contributed by atoms with Gasteiger partial charge in [0.1, 0.15) is 0 Å². The molecule has 0 spiro atoms. The lowest BCUT2D eigenvalue weighted by Crippen LogP contribution is -2.31. The van der Waals surface area contributed by atoms with Gasteiger partial charge in [0, 0.05) is 16.2 Å². The van der Waals surface area contributed by atoms with Crippen LogP contribution in [0.15, 0.2) is 34.2 Å². The second-order valence-corrected chi connectivity index (χ2v) is 6.32. The average molecular weight is 319 g/mol. The second-order valence-electron chi connectivity index (χ2n) is 3.78. The van der Waals surface area contributed by atoms with E-state index in [0.29, 0.717) is 15.7 Å². The summed E-state index contributed by atoms with van der Waals surface area (Å²) in [6.07, 6.45) is 1.52. The Labute approximate surface area is 110 Å². The van der Waals surface area contributed by atoms with Crippen molar-refractivity contribution in [2.24, 2.45) is 0 Å². The molecule has 0 saturated carbocycles. The number of halogens is 1. The van der Waals surface area contributed by atoms with Gasteiger partial charge >= 0.3 is 0 Å². The number of sulfonamides is 1. The minimum atomic E-state index is -3.56. The number of hydrogen-bond acceptors (Lipinski definition) is 3. The molecule has 0 saturated heterocycles. The van der Waals surface area contributed by atoms with Crippen LogP contribution in [-0.4, -0.2) is 14.5 Å². The van der Waals surface area contributed by atoms with Crippen LogP contribution >= 0.6 is 15.9 Å². The summed E-state index contributed by atoms with van der Waals surface area (Å²) >= 11 is 3.26. The lowest BCUT2D eigenvalue weighted by atomic mass is 10.2. The van der Waals surface area contributed by atoms with Crippen LogP contribution in [-0.2, 0) is 10.0 Å². The van der Waals surface area contributed by atoms with Gasteiger partial charge in [-0.15, -0.1) is 6.58 Å². The molecule has 0 radical (unpaired) electrons. The van der Waals surface area contributed by atoms with Gasteiger partial charge in [-0.2, -0.15) is 0 Å². The highest BCUT2D eigenvalue weighted by molar-refractivity contribution is 9.10. The summed E-state index contributed by atoms with van der Waals surface area (Å²) in [4.78, 5) is 0.187. The first kappa shape index (κ1) is 14.2. The zero-order valence-corrected chi connectivity index (χ0v) is 12.1. The first-order valence-corrected chi connectivity index (χ1v) is 7.26. The van der Waals surface area contributed by atoms with Crippen LogP contribution in [0.3, 0.4) is 0 Å². The lowest BCUT2D eigenvalue weighted by molar-refractivity contribution is 0.575. The molecule has 0 aromatic heterocycles. The van der Waals surface area contributed by atoms with Crippen molar-refractivity contribution in [1.82, 2.24) is 4.72 Å². The maximum Gasteiger partial charge on any atom is 0.241 e. The third-order valence-electron chi connectivity index (χ3n) is 2.28. The van der Waals surface area contributed by atoms with Gasteiger partial charge in [0.15, 0.2) is 0 Å². The molecule has 17 heavy (non-hydrogen) atoms. The van der Waals surface area contributed by atoms with Crippen molar-refractivity contribution >= 4 is 31.6 Å². The summed E-state index contributed by atoms with van der Waals surface area (Å²) in [5.74, 6) is 0. The van der Waals surface area contributed by atoms with Gasteiger partial charge in [-0.3, -0.25) is 0 Å². The molecular formula is C11H15BrN2O2S. The zero-order chi connectivity index (χ0) is 13.2. The molecule has 1 unspecified atom stereocenters. The average Bonchev–Trinajstić information content (AvgIpc) is 2.22. The number of hydrogen-bond donors (Lipinski definition) is 2. The van der Waals surface area contributed by atoms with Gasteiger partial charge in [-0.1, -0.05) is 6.08 Å². The maximum atomic E-state index is 12.1. The Hall–Kier alpha value is -0.850. The summed E-state index contributed by atoms with van der Waals surface area (Å²) in [5.41, 5.74) is 6.72. The van der Waals surface area contributed by atoms with E-state index in [4.69, 9.17) is 5.73 Å². The van der Waals surface area contributed by atoms with Crippen LogP contribution in [0.5, 0.6) is 0 Å². The first-order chi connectivity index (χ1) is 7.77. The van der Waals surface area contributed by atoms with E-state index in [0.717, 1.165) is 0 Å². The van der Waals surface area contributed by atoms with Crippen molar-refractivity contribution in [2.75, 3.05) is 5.73 Å². The monoisotopic (exact) mass is 318 g/mol. The van der Waals surface area contributed by atoms with Crippen molar-refractivity contribution in [3.05, 3.63) is 34.8 Å². The minimum Gasteiger partial charge on any atom is -0.398 e. The number of nitrogen functional groups attached to an aromatic ring is 1. The van der Waals surface area contributed by atoms with E-state index in [1.165, 1.54) is 12.1 Å². The SMILES string of the molecule is C=CC(C)NS(=O)(=O)c1cc(N)c(Br)cc1C. The van der Waals surface area contributed by atoms with E-state index >= 15 is 0 Å². The quantitative estimate of drug-likeness (QED) is 0.660. The molecule has 0 heterocycles. The molecule has 1 aromatic rings. The maximum absolute atomic E-state index is 12.1. The zero-order valence-electron chi connectivity index (χ0n) is 9.70. The van der Waals surface area contributed by atoms with Gasteiger partial charge in [0.25, 0.3) is 0 Å². The van der Waals surface area contributed by atoms with E-state index < -0.39 is 10.0 Å². The summed E-state index contributed by atoms with van der Waals surface area (Å²) in [5, 5.41) is 0. The molecule has 3 N–H and O–H groups in total. The fourth-order valence-electron chi connectivity index (χ4n) is 1.31. The number of anilines is 1. The standard InChI is InChI=1S/C11H15BrN2O2S/c1-4-8(3)14-17(15,16)11-6-10(13)9(12)5-7(11)2/h4-6,8,14H,1,13H2,2-3H3. The molecule has 94 valence electrons. The van der Waals surface area contributed by atoms with E-state index in [-0.39, 0.29) is 10.9 Å². The molecule has 0 bridgehead atoms. The van der Waals surface area contributed by atoms with Crippen molar-refractivity contribution in [3.8, 4) is 0 Å². The van der Waals surface area contributed by atoms with Crippen molar-refractivity contribution in [1.29, 1.82) is 0 Å². The van der Waals surface area contributed by atoms with Gasteiger partial charge in [0.05, 0.1) is 4.90 Å². The Morgan fingerprint density at radius 2 is 2.12 bits per heavy atom. The normalized spacial score (nSPS) is 13.4. The molecular weight excluding hydrogens is 304 g/mol. The third-order valence-corrected chi connectivity index (χ3v) is 4.67. The van der Waals surface area contributed by atoms with E-state index in [1.54, 1.807) is 19.9 Å². The van der Waals surface area contributed by atoms with Crippen molar-refractivity contribution in [2.45, 2.75) is 24.8 Å². The number of benzene rings is 1. The van der Waals surface area contributed by atoms with Gasteiger partial charge in [-0.05, 0) is 47.5 Å². The van der Waals surface area contributed by atoms with E-state index in [9.17, 15) is 8.42 Å². The fraction of sp³-hybridized carbons (Fsp3) is 0.273. The Morgan fingerprint density at radius 1 is 1.53 bits per heavy atom. The smallest absolute Gasteiger partial charge is 0.241 e. The number of aryl methyl sites for hydroxylation is 1. The fourth-order valence-corrected chi connectivity index (χ4v) is 3.25. The van der Waals surface area contributed by atoms with Crippen molar-refractivity contribution in [3.63, 3.8) is 0 Å². The highest BCUT2D eigenvalue weighted by Gasteiger charge is 2.19. The number of nitrogens with one attached hydrogen (secondary N) is 1. The molecule has 1 rings (SSSR count). The number of rotatable bonds is 4. The molecule has 0 aliphatic rings. The largest absolute Gasteiger partial charge is 0.398 e. The van der Waals surface area contributed by atoms with Gasteiger partial charge in [-0.25, -0.2) is 13.1 Å². The third kappa shape index (κ3) is 3.31. The highest BCUT2D eigenvalue weighted by Crippen LogP contribution is 2.26. The highest BCUT2D eigenvalue weighted by atomic mass is 79.9. The predicted octanol–water partition coefficient (Wildman–Crippen LogP) is 2.19. The summed E-state index contributed by atoms with van der Waals surface area (Å²) in [6.45, 7) is 6.96. The minimum absolute atomic E-state index is 0.187. The molecule has 0 amide bonds. The van der Waals surface area contributed by atoms with Crippen LogP contribution in [0.4, 0.5) is 5.69 Å². The summed E-state index contributed by atoms with van der Waals surface area (Å²) in [7, 11) is -3.56. The summed E-state index contributed by atoms with van der Waals surface area (Å²) in [6, 6.07) is 2.80.